The Balaban J connectivity index is 1.42. The van der Waals surface area contributed by atoms with Crippen LogP contribution in [-0.4, -0.2) is 28.9 Å². The molecule has 0 saturated carbocycles. The van der Waals surface area contributed by atoms with Crippen molar-refractivity contribution < 1.29 is 9.18 Å². The third-order valence-electron chi connectivity index (χ3n) is 5.78. The van der Waals surface area contributed by atoms with E-state index < -0.39 is 0 Å². The summed E-state index contributed by atoms with van der Waals surface area (Å²) >= 11 is 0. The van der Waals surface area contributed by atoms with Crippen molar-refractivity contribution in [1.29, 1.82) is 0 Å². The summed E-state index contributed by atoms with van der Waals surface area (Å²) in [5, 5.41) is 1.31. The molecule has 4 heteroatoms. The predicted octanol–water partition coefficient (Wildman–Crippen LogP) is 4.87. The fourth-order valence-electron chi connectivity index (χ4n) is 4.18. The second-order valence-corrected chi connectivity index (χ2v) is 7.67. The second-order valence-electron chi connectivity index (χ2n) is 7.67. The van der Waals surface area contributed by atoms with E-state index in [-0.39, 0.29) is 11.7 Å². The number of aryl methyl sites for hydroxylation is 2. The highest BCUT2D eigenvalue weighted by atomic mass is 19.1. The number of hydrogen-bond donors (Lipinski definition) is 1. The first kappa shape index (κ1) is 17.8. The lowest BCUT2D eigenvalue weighted by atomic mass is 9.91. The van der Waals surface area contributed by atoms with Gasteiger partial charge in [-0.15, -0.1) is 0 Å². The number of halogens is 1. The van der Waals surface area contributed by atoms with Crippen molar-refractivity contribution in [2.45, 2.75) is 39.0 Å². The van der Waals surface area contributed by atoms with Gasteiger partial charge in [0.1, 0.15) is 5.82 Å². The number of nitrogens with zero attached hydrogens (tertiary/aromatic N) is 1. The molecule has 1 aliphatic rings. The highest BCUT2D eigenvalue weighted by Gasteiger charge is 2.26. The molecule has 0 bridgehead atoms. The van der Waals surface area contributed by atoms with Crippen LogP contribution in [0.1, 0.15) is 41.1 Å². The van der Waals surface area contributed by atoms with E-state index in [1.165, 1.54) is 39.9 Å². The second kappa shape index (κ2) is 7.18. The molecule has 0 radical (unpaired) electrons. The number of piperidine rings is 1. The van der Waals surface area contributed by atoms with Gasteiger partial charge in [-0.05, 0) is 62.1 Å². The van der Waals surface area contributed by atoms with Gasteiger partial charge >= 0.3 is 0 Å². The number of amides is 1. The van der Waals surface area contributed by atoms with Crippen LogP contribution in [0.5, 0.6) is 0 Å². The molecule has 4 rings (SSSR count). The number of likely N-dealkylation sites (tertiary alicyclic amines) is 1. The minimum absolute atomic E-state index is 0.129. The lowest BCUT2D eigenvalue weighted by molar-refractivity contribution is -0.131. The van der Waals surface area contributed by atoms with Crippen LogP contribution in [0.4, 0.5) is 4.39 Å². The molecule has 1 aromatic heterocycles. The summed E-state index contributed by atoms with van der Waals surface area (Å²) in [6.07, 6.45) is 2.29. The SMILES string of the molecule is Cc1ccc2[nH]c(C3CCN(C(=O)Cc4ccc(F)cc4)CC3)c(C)c2c1. The molecule has 2 heterocycles. The van der Waals surface area contributed by atoms with Crippen molar-refractivity contribution in [3.63, 3.8) is 0 Å². The maximum absolute atomic E-state index is 13.0. The Morgan fingerprint density at radius 1 is 1.11 bits per heavy atom. The monoisotopic (exact) mass is 364 g/mol. The molecule has 0 spiro atoms. The van der Waals surface area contributed by atoms with Crippen LogP contribution in [0, 0.1) is 19.7 Å². The van der Waals surface area contributed by atoms with Gasteiger partial charge in [-0.25, -0.2) is 4.39 Å². The molecule has 140 valence electrons. The van der Waals surface area contributed by atoms with E-state index in [9.17, 15) is 9.18 Å². The number of aromatic nitrogens is 1. The Morgan fingerprint density at radius 3 is 2.52 bits per heavy atom. The molecule has 1 saturated heterocycles. The van der Waals surface area contributed by atoms with Crippen LogP contribution < -0.4 is 0 Å². The molecular weight excluding hydrogens is 339 g/mol. The highest BCUT2D eigenvalue weighted by molar-refractivity contribution is 5.85. The average molecular weight is 364 g/mol. The molecule has 0 atom stereocenters. The Hall–Kier alpha value is -2.62. The summed E-state index contributed by atoms with van der Waals surface area (Å²) in [5.41, 5.74) is 6.00. The quantitative estimate of drug-likeness (QED) is 0.707. The van der Waals surface area contributed by atoms with Gasteiger partial charge in [-0.2, -0.15) is 0 Å². The van der Waals surface area contributed by atoms with Crippen molar-refractivity contribution in [3.8, 4) is 0 Å². The van der Waals surface area contributed by atoms with Gasteiger partial charge in [0, 0.05) is 35.6 Å². The maximum Gasteiger partial charge on any atom is 0.226 e. The number of rotatable bonds is 3. The van der Waals surface area contributed by atoms with E-state index in [1.54, 1.807) is 12.1 Å². The van der Waals surface area contributed by atoms with Gasteiger partial charge in [0.25, 0.3) is 0 Å². The van der Waals surface area contributed by atoms with Gasteiger partial charge in [-0.1, -0.05) is 23.8 Å². The molecule has 1 aliphatic heterocycles. The van der Waals surface area contributed by atoms with E-state index >= 15 is 0 Å². The first-order valence-electron chi connectivity index (χ1n) is 9.62. The number of aromatic amines is 1. The molecule has 1 N–H and O–H groups in total. The van der Waals surface area contributed by atoms with Crippen LogP contribution in [0.25, 0.3) is 10.9 Å². The number of nitrogens with one attached hydrogen (secondary N) is 1. The van der Waals surface area contributed by atoms with Crippen molar-refractivity contribution in [1.82, 2.24) is 9.88 Å². The first-order chi connectivity index (χ1) is 13.0. The van der Waals surface area contributed by atoms with Crippen molar-refractivity contribution in [2.24, 2.45) is 0 Å². The van der Waals surface area contributed by atoms with E-state index in [0.29, 0.717) is 12.3 Å². The Kier molecular flexibility index (Phi) is 4.73. The summed E-state index contributed by atoms with van der Waals surface area (Å²) in [6, 6.07) is 12.7. The molecule has 1 fully saturated rings. The van der Waals surface area contributed by atoms with E-state index in [0.717, 1.165) is 31.5 Å². The molecule has 3 aromatic rings. The van der Waals surface area contributed by atoms with Gasteiger partial charge in [0.15, 0.2) is 0 Å². The highest BCUT2D eigenvalue weighted by Crippen LogP contribution is 2.34. The number of benzene rings is 2. The summed E-state index contributed by atoms with van der Waals surface area (Å²) in [7, 11) is 0. The molecule has 3 nitrogen and oxygen atoms in total. The molecule has 27 heavy (non-hydrogen) atoms. The van der Waals surface area contributed by atoms with Crippen LogP contribution in [-0.2, 0) is 11.2 Å². The van der Waals surface area contributed by atoms with Crippen LogP contribution >= 0.6 is 0 Å². The lowest BCUT2D eigenvalue weighted by Gasteiger charge is -2.32. The maximum atomic E-state index is 13.0. The summed E-state index contributed by atoms with van der Waals surface area (Å²) in [4.78, 5) is 18.1. The summed E-state index contributed by atoms with van der Waals surface area (Å²) < 4.78 is 13.0. The standard InChI is InChI=1S/C23H25FN2O/c1-15-3-8-21-20(13-15)16(2)23(25-21)18-9-11-26(12-10-18)22(27)14-17-4-6-19(24)7-5-17/h3-8,13,18,25H,9-12,14H2,1-2H3. The largest absolute Gasteiger partial charge is 0.358 e. The normalized spacial score (nSPS) is 15.4. The number of carbonyl (C=O) groups excluding carboxylic acids is 1. The minimum Gasteiger partial charge on any atom is -0.358 e. The molecule has 0 unspecified atom stereocenters. The average Bonchev–Trinajstić information content (AvgIpc) is 3.00. The molecule has 1 amide bonds. The molecule has 0 aliphatic carbocycles. The van der Waals surface area contributed by atoms with Crippen molar-refractivity contribution >= 4 is 16.8 Å². The minimum atomic E-state index is -0.268. The van der Waals surface area contributed by atoms with E-state index in [4.69, 9.17) is 0 Å². The zero-order chi connectivity index (χ0) is 19.0. The number of H-pyrrole nitrogens is 1. The Labute approximate surface area is 159 Å². The number of carbonyl (C=O) groups is 1. The topological polar surface area (TPSA) is 36.1 Å². The Morgan fingerprint density at radius 2 is 1.81 bits per heavy atom. The predicted molar refractivity (Wildman–Crippen MR) is 106 cm³/mol. The third-order valence-corrected chi connectivity index (χ3v) is 5.78. The van der Waals surface area contributed by atoms with E-state index in [1.807, 2.05) is 4.90 Å². The summed E-state index contributed by atoms with van der Waals surface area (Å²) in [6.45, 7) is 5.87. The third kappa shape index (κ3) is 3.61. The van der Waals surface area contributed by atoms with Crippen molar-refractivity contribution in [2.75, 3.05) is 13.1 Å². The van der Waals surface area contributed by atoms with Gasteiger partial charge in [0.2, 0.25) is 5.91 Å². The Bertz CT molecular complexity index is 966. The van der Waals surface area contributed by atoms with Gasteiger partial charge in [-0.3, -0.25) is 4.79 Å². The fourth-order valence-corrected chi connectivity index (χ4v) is 4.18. The number of hydrogen-bond acceptors (Lipinski definition) is 1. The van der Waals surface area contributed by atoms with Gasteiger partial charge < -0.3 is 9.88 Å². The van der Waals surface area contributed by atoms with Gasteiger partial charge in [0.05, 0.1) is 6.42 Å². The molecular formula is C23H25FN2O. The van der Waals surface area contributed by atoms with Crippen LogP contribution in [0.2, 0.25) is 0 Å². The zero-order valence-corrected chi connectivity index (χ0v) is 15.9. The number of fused-ring (bicyclic) bond motifs is 1. The summed E-state index contributed by atoms with van der Waals surface area (Å²) in [5.74, 6) is 0.326. The van der Waals surface area contributed by atoms with E-state index in [2.05, 4.69) is 37.0 Å². The first-order valence-corrected chi connectivity index (χ1v) is 9.62. The van der Waals surface area contributed by atoms with Crippen molar-refractivity contribution in [3.05, 3.63) is 70.7 Å². The fraction of sp³-hybridized carbons (Fsp3) is 0.348. The van der Waals surface area contributed by atoms with Crippen LogP contribution in [0.15, 0.2) is 42.5 Å². The smallest absolute Gasteiger partial charge is 0.226 e. The lowest BCUT2D eigenvalue weighted by Crippen LogP contribution is -2.38. The molecule has 2 aromatic carbocycles. The van der Waals surface area contributed by atoms with Crippen LogP contribution in [0.3, 0.4) is 0 Å². The zero-order valence-electron chi connectivity index (χ0n) is 15.9.